The number of aromatic nitrogens is 3. The molecule has 3 nitrogen and oxygen atoms in total. The van der Waals surface area contributed by atoms with Crippen LogP contribution < -0.4 is 0 Å². The topological polar surface area (TPSA) is 30.7 Å². The summed E-state index contributed by atoms with van der Waals surface area (Å²) in [6.45, 7) is 3.03. The molecular formula is C11H20ClN3S. The molecule has 0 aromatic carbocycles. The molecule has 92 valence electrons. The summed E-state index contributed by atoms with van der Waals surface area (Å²) in [6.07, 6.45) is 8.10. The first-order chi connectivity index (χ1) is 7.79. The highest BCUT2D eigenvalue weighted by Gasteiger charge is 2.07. The molecule has 0 bridgehead atoms. The smallest absolute Gasteiger partial charge is 0.225 e. The normalized spacial score (nSPS) is 10.9. The van der Waals surface area contributed by atoms with Crippen molar-refractivity contribution in [2.45, 2.75) is 45.6 Å². The fourth-order valence-corrected chi connectivity index (χ4v) is 2.38. The molecule has 0 saturated carbocycles. The van der Waals surface area contributed by atoms with Gasteiger partial charge in [0.2, 0.25) is 5.28 Å². The van der Waals surface area contributed by atoms with Crippen LogP contribution in [0.4, 0.5) is 0 Å². The van der Waals surface area contributed by atoms with E-state index in [9.17, 15) is 0 Å². The van der Waals surface area contributed by atoms with Crippen LogP contribution in [0, 0.1) is 0 Å². The maximum atomic E-state index is 5.97. The summed E-state index contributed by atoms with van der Waals surface area (Å²) < 4.78 is 2.02. The molecule has 5 heteroatoms. The van der Waals surface area contributed by atoms with Gasteiger partial charge in [-0.3, -0.25) is 0 Å². The van der Waals surface area contributed by atoms with E-state index in [0.29, 0.717) is 5.28 Å². The van der Waals surface area contributed by atoms with Gasteiger partial charge in [-0.05, 0) is 36.5 Å². The Morgan fingerprint density at radius 1 is 1.19 bits per heavy atom. The highest BCUT2D eigenvalue weighted by Crippen LogP contribution is 2.12. The number of halogens is 1. The van der Waals surface area contributed by atoms with Gasteiger partial charge in [-0.15, -0.1) is 10.2 Å². The lowest BCUT2D eigenvalue weighted by molar-refractivity contribution is 0.568. The molecule has 0 radical (unpaired) electrons. The van der Waals surface area contributed by atoms with Crippen molar-refractivity contribution in [3.05, 3.63) is 11.1 Å². The highest BCUT2D eigenvalue weighted by atomic mass is 35.5. The van der Waals surface area contributed by atoms with Gasteiger partial charge in [-0.25, -0.2) is 0 Å². The second-order valence-corrected chi connectivity index (χ2v) is 5.12. The summed E-state index contributed by atoms with van der Waals surface area (Å²) in [7, 11) is 0. The molecule has 0 N–H and O–H groups in total. The fourth-order valence-electron chi connectivity index (χ4n) is 1.67. The van der Waals surface area contributed by atoms with Crippen LogP contribution in [0.1, 0.15) is 38.4 Å². The third-order valence-electron chi connectivity index (χ3n) is 2.58. The lowest BCUT2D eigenvalue weighted by atomic mass is 10.2. The summed E-state index contributed by atoms with van der Waals surface area (Å²) in [6, 6.07) is 0. The Labute approximate surface area is 107 Å². The Morgan fingerprint density at radius 2 is 1.94 bits per heavy atom. The molecule has 0 aliphatic rings. The molecule has 0 saturated heterocycles. The zero-order chi connectivity index (χ0) is 11.8. The van der Waals surface area contributed by atoms with Crippen molar-refractivity contribution >= 4 is 23.4 Å². The average Bonchev–Trinajstić information content (AvgIpc) is 2.65. The minimum Gasteiger partial charge on any atom is -0.302 e. The first-order valence-electron chi connectivity index (χ1n) is 5.86. The van der Waals surface area contributed by atoms with Crippen molar-refractivity contribution in [2.24, 2.45) is 0 Å². The predicted molar refractivity (Wildman–Crippen MR) is 71.3 cm³/mol. The molecule has 1 aromatic heterocycles. The SMILES string of the molecule is CCc1nnc(Cl)n1CCCCCCSC. The molecule has 0 fully saturated rings. The molecular weight excluding hydrogens is 242 g/mol. The largest absolute Gasteiger partial charge is 0.302 e. The lowest BCUT2D eigenvalue weighted by Crippen LogP contribution is -2.03. The van der Waals surface area contributed by atoms with Gasteiger partial charge in [0, 0.05) is 13.0 Å². The maximum Gasteiger partial charge on any atom is 0.225 e. The van der Waals surface area contributed by atoms with Gasteiger partial charge in [0.05, 0.1) is 0 Å². The number of hydrogen-bond acceptors (Lipinski definition) is 3. The van der Waals surface area contributed by atoms with Gasteiger partial charge in [-0.2, -0.15) is 11.8 Å². The van der Waals surface area contributed by atoms with E-state index in [1.165, 1.54) is 31.4 Å². The van der Waals surface area contributed by atoms with E-state index in [4.69, 9.17) is 11.6 Å². The van der Waals surface area contributed by atoms with Crippen molar-refractivity contribution in [3.8, 4) is 0 Å². The number of aryl methyl sites for hydroxylation is 1. The van der Waals surface area contributed by atoms with Gasteiger partial charge in [0.15, 0.2) is 0 Å². The van der Waals surface area contributed by atoms with E-state index in [-0.39, 0.29) is 0 Å². The van der Waals surface area contributed by atoms with E-state index in [1.54, 1.807) is 0 Å². The predicted octanol–water partition coefficient (Wildman–Crippen LogP) is 3.42. The standard InChI is InChI=1S/C11H20ClN3S/c1-3-10-13-14-11(12)15(10)8-6-4-5-7-9-16-2/h3-9H2,1-2H3. The van der Waals surface area contributed by atoms with Crippen LogP contribution in [0.3, 0.4) is 0 Å². The zero-order valence-corrected chi connectivity index (χ0v) is 11.7. The summed E-state index contributed by atoms with van der Waals surface area (Å²) in [4.78, 5) is 0. The third kappa shape index (κ3) is 4.34. The number of nitrogens with zero attached hydrogens (tertiary/aromatic N) is 3. The highest BCUT2D eigenvalue weighted by molar-refractivity contribution is 7.98. The molecule has 1 heterocycles. The van der Waals surface area contributed by atoms with Crippen LogP contribution in [0.25, 0.3) is 0 Å². The van der Waals surface area contributed by atoms with E-state index in [2.05, 4.69) is 23.4 Å². The van der Waals surface area contributed by atoms with E-state index in [0.717, 1.165) is 18.8 Å². The van der Waals surface area contributed by atoms with Crippen LogP contribution in [0.5, 0.6) is 0 Å². The summed E-state index contributed by atoms with van der Waals surface area (Å²) >= 11 is 7.89. The van der Waals surface area contributed by atoms with Gasteiger partial charge >= 0.3 is 0 Å². The first-order valence-corrected chi connectivity index (χ1v) is 7.63. The fraction of sp³-hybridized carbons (Fsp3) is 0.818. The van der Waals surface area contributed by atoms with Crippen molar-refractivity contribution in [1.29, 1.82) is 0 Å². The van der Waals surface area contributed by atoms with Gasteiger partial charge in [-0.1, -0.05) is 19.8 Å². The minimum absolute atomic E-state index is 0.529. The average molecular weight is 262 g/mol. The van der Waals surface area contributed by atoms with Gasteiger partial charge in [0.1, 0.15) is 5.82 Å². The Bertz CT molecular complexity index is 301. The van der Waals surface area contributed by atoms with Crippen molar-refractivity contribution in [3.63, 3.8) is 0 Å². The Morgan fingerprint density at radius 3 is 2.62 bits per heavy atom. The summed E-state index contributed by atoms with van der Waals surface area (Å²) in [5, 5.41) is 8.46. The molecule has 1 aromatic rings. The lowest BCUT2D eigenvalue weighted by Gasteiger charge is -2.06. The molecule has 0 spiro atoms. The minimum atomic E-state index is 0.529. The van der Waals surface area contributed by atoms with Crippen LogP contribution >= 0.6 is 23.4 Å². The monoisotopic (exact) mass is 261 g/mol. The number of rotatable bonds is 8. The molecule has 0 atom stereocenters. The van der Waals surface area contributed by atoms with Gasteiger partial charge < -0.3 is 4.57 Å². The molecule has 0 unspecified atom stereocenters. The molecule has 0 aliphatic heterocycles. The zero-order valence-electron chi connectivity index (χ0n) is 10.1. The molecule has 1 rings (SSSR count). The van der Waals surface area contributed by atoms with Crippen LogP contribution in [-0.2, 0) is 13.0 Å². The van der Waals surface area contributed by atoms with Crippen molar-refractivity contribution in [1.82, 2.24) is 14.8 Å². The quantitative estimate of drug-likeness (QED) is 0.672. The van der Waals surface area contributed by atoms with Crippen molar-refractivity contribution < 1.29 is 0 Å². The Hall–Kier alpha value is -0.220. The van der Waals surface area contributed by atoms with Crippen LogP contribution in [0.15, 0.2) is 0 Å². The summed E-state index contributed by atoms with van der Waals surface area (Å²) in [5.74, 6) is 2.27. The number of unbranched alkanes of at least 4 members (excludes halogenated alkanes) is 3. The molecule has 0 aliphatic carbocycles. The van der Waals surface area contributed by atoms with Crippen LogP contribution in [-0.4, -0.2) is 26.8 Å². The molecule has 16 heavy (non-hydrogen) atoms. The molecule has 0 amide bonds. The third-order valence-corrected chi connectivity index (χ3v) is 3.56. The van der Waals surface area contributed by atoms with Crippen molar-refractivity contribution in [2.75, 3.05) is 12.0 Å². The Kier molecular flexibility index (Phi) is 6.88. The first kappa shape index (κ1) is 13.8. The van der Waals surface area contributed by atoms with Gasteiger partial charge in [0.25, 0.3) is 0 Å². The van der Waals surface area contributed by atoms with E-state index < -0.39 is 0 Å². The number of thioether (sulfide) groups is 1. The van der Waals surface area contributed by atoms with E-state index >= 15 is 0 Å². The summed E-state index contributed by atoms with van der Waals surface area (Å²) in [5.41, 5.74) is 0. The number of hydrogen-bond donors (Lipinski definition) is 0. The maximum absolute atomic E-state index is 5.97. The Balaban J connectivity index is 2.23. The second-order valence-electron chi connectivity index (χ2n) is 3.80. The second kappa shape index (κ2) is 7.96. The van der Waals surface area contributed by atoms with Crippen LogP contribution in [0.2, 0.25) is 5.28 Å². The van der Waals surface area contributed by atoms with E-state index in [1.807, 2.05) is 16.3 Å².